The second-order valence-corrected chi connectivity index (χ2v) is 9.43. The predicted molar refractivity (Wildman–Crippen MR) is 103 cm³/mol. The number of carbonyl (C=O) groups excluding carboxylic acids is 3. The van der Waals surface area contributed by atoms with Crippen molar-refractivity contribution in [2.75, 3.05) is 6.54 Å². The maximum absolute atomic E-state index is 12.8. The lowest BCUT2D eigenvalue weighted by Crippen LogP contribution is -2.53. The van der Waals surface area contributed by atoms with Crippen LogP contribution in [0.15, 0.2) is 0 Å². The predicted octanol–water partition coefficient (Wildman–Crippen LogP) is 3.63. The van der Waals surface area contributed by atoms with Crippen molar-refractivity contribution in [2.24, 2.45) is 0 Å². The van der Waals surface area contributed by atoms with Crippen LogP contribution < -0.4 is 5.48 Å². The Labute approximate surface area is 167 Å². The van der Waals surface area contributed by atoms with Crippen LogP contribution in [0.25, 0.3) is 0 Å². The number of nitrogens with one attached hydrogen (secondary N) is 1. The van der Waals surface area contributed by atoms with E-state index in [1.807, 2.05) is 5.48 Å². The normalized spacial score (nSPS) is 13.5. The average Bonchev–Trinajstić information content (AvgIpc) is 2.40. The van der Waals surface area contributed by atoms with Crippen molar-refractivity contribution in [1.82, 2.24) is 10.4 Å². The Morgan fingerprint density at radius 1 is 0.821 bits per heavy atom. The Hall–Kier alpha value is -1.87. The molecule has 0 aliphatic heterocycles. The van der Waals surface area contributed by atoms with Crippen LogP contribution in [0.2, 0.25) is 0 Å². The molecule has 0 spiro atoms. The quantitative estimate of drug-likeness (QED) is 0.298. The van der Waals surface area contributed by atoms with E-state index in [4.69, 9.17) is 19.4 Å². The van der Waals surface area contributed by atoms with Gasteiger partial charge in [0.25, 0.3) is 0 Å². The highest BCUT2D eigenvalue weighted by Crippen LogP contribution is 2.21. The standard InChI is InChI=1S/C19H36N2O7/c1-17(2,3)26-14(22)13(11-10-12-20-25)21(15(23)27-18(4,5)6)16(24)28-19(7,8)9/h13,20,25H,10-12H2,1-9H3/t13-/m0/s1. The molecule has 0 aliphatic rings. The summed E-state index contributed by atoms with van der Waals surface area (Å²) in [6.07, 6.45) is -1.66. The second-order valence-electron chi connectivity index (χ2n) is 9.43. The van der Waals surface area contributed by atoms with Gasteiger partial charge in [-0.2, -0.15) is 4.90 Å². The van der Waals surface area contributed by atoms with Crippen molar-refractivity contribution in [3.63, 3.8) is 0 Å². The minimum absolute atomic E-state index is 0.0565. The fraction of sp³-hybridized carbons (Fsp3) is 0.842. The van der Waals surface area contributed by atoms with Crippen molar-refractivity contribution in [1.29, 1.82) is 0 Å². The number of carbonyl (C=O) groups is 3. The maximum Gasteiger partial charge on any atom is 0.420 e. The molecule has 0 saturated heterocycles. The molecule has 9 heteroatoms. The molecule has 0 aromatic rings. The van der Waals surface area contributed by atoms with E-state index in [1.165, 1.54) is 0 Å². The van der Waals surface area contributed by atoms with Crippen molar-refractivity contribution in [3.8, 4) is 0 Å². The zero-order valence-corrected chi connectivity index (χ0v) is 18.5. The number of imide groups is 1. The Balaban J connectivity index is 5.92. The van der Waals surface area contributed by atoms with Gasteiger partial charge in [0, 0.05) is 6.54 Å². The Morgan fingerprint density at radius 3 is 1.54 bits per heavy atom. The third-order valence-electron chi connectivity index (χ3n) is 2.94. The minimum atomic E-state index is -1.27. The van der Waals surface area contributed by atoms with E-state index in [1.54, 1.807) is 62.3 Å². The molecule has 2 amide bonds. The summed E-state index contributed by atoms with van der Waals surface area (Å²) in [7, 11) is 0. The van der Waals surface area contributed by atoms with Crippen LogP contribution in [0.4, 0.5) is 9.59 Å². The van der Waals surface area contributed by atoms with Crippen LogP contribution in [0.3, 0.4) is 0 Å². The highest BCUT2D eigenvalue weighted by molar-refractivity contribution is 5.94. The highest BCUT2D eigenvalue weighted by Gasteiger charge is 2.41. The molecule has 0 saturated carbocycles. The first-order valence-electron chi connectivity index (χ1n) is 9.32. The first-order chi connectivity index (χ1) is 12.5. The van der Waals surface area contributed by atoms with E-state index in [2.05, 4.69) is 0 Å². The van der Waals surface area contributed by atoms with Gasteiger partial charge in [-0.1, -0.05) is 0 Å². The highest BCUT2D eigenvalue weighted by atomic mass is 16.6. The van der Waals surface area contributed by atoms with Crippen LogP contribution in [0.1, 0.15) is 75.2 Å². The van der Waals surface area contributed by atoms with E-state index < -0.39 is 41.0 Å². The molecule has 164 valence electrons. The molecular weight excluding hydrogens is 368 g/mol. The Bertz CT molecular complexity index is 514. The minimum Gasteiger partial charge on any atom is -0.458 e. The molecule has 0 aliphatic carbocycles. The molecule has 1 atom stereocenters. The van der Waals surface area contributed by atoms with Crippen molar-refractivity contribution in [3.05, 3.63) is 0 Å². The van der Waals surface area contributed by atoms with E-state index in [9.17, 15) is 14.4 Å². The number of hydrogen-bond acceptors (Lipinski definition) is 8. The lowest BCUT2D eigenvalue weighted by molar-refractivity contribution is -0.161. The van der Waals surface area contributed by atoms with Gasteiger partial charge >= 0.3 is 18.2 Å². The van der Waals surface area contributed by atoms with Gasteiger partial charge in [-0.05, 0) is 75.2 Å². The number of hydrogen-bond donors (Lipinski definition) is 2. The van der Waals surface area contributed by atoms with E-state index in [-0.39, 0.29) is 13.0 Å². The van der Waals surface area contributed by atoms with Crippen molar-refractivity contribution >= 4 is 18.2 Å². The molecule has 0 fully saturated rings. The van der Waals surface area contributed by atoms with E-state index in [0.717, 1.165) is 0 Å². The number of hydroxylamine groups is 1. The summed E-state index contributed by atoms with van der Waals surface area (Å²) in [4.78, 5) is 38.9. The first kappa shape index (κ1) is 26.1. The van der Waals surface area contributed by atoms with Crippen LogP contribution in [0.5, 0.6) is 0 Å². The van der Waals surface area contributed by atoms with E-state index >= 15 is 0 Å². The summed E-state index contributed by atoms with van der Waals surface area (Å²) in [5.41, 5.74) is -0.613. The molecule has 2 N–H and O–H groups in total. The topological polar surface area (TPSA) is 114 Å². The maximum atomic E-state index is 12.8. The number of amides is 2. The molecule has 0 rings (SSSR count). The van der Waals surface area contributed by atoms with Crippen LogP contribution in [0, 0.1) is 0 Å². The molecule has 0 aromatic carbocycles. The lowest BCUT2D eigenvalue weighted by Gasteiger charge is -2.33. The monoisotopic (exact) mass is 404 g/mol. The van der Waals surface area contributed by atoms with E-state index in [0.29, 0.717) is 11.3 Å². The summed E-state index contributed by atoms with van der Waals surface area (Å²) >= 11 is 0. The van der Waals surface area contributed by atoms with Crippen molar-refractivity contribution < 1.29 is 33.8 Å². The summed E-state index contributed by atoms with van der Waals surface area (Å²) < 4.78 is 16.0. The molecule has 0 radical (unpaired) electrons. The van der Waals surface area contributed by atoms with Crippen LogP contribution in [-0.4, -0.2) is 57.7 Å². The average molecular weight is 405 g/mol. The van der Waals surface area contributed by atoms with Gasteiger partial charge in [0.1, 0.15) is 22.8 Å². The molecule has 9 nitrogen and oxygen atoms in total. The first-order valence-corrected chi connectivity index (χ1v) is 9.32. The SMILES string of the molecule is CC(C)(C)OC(=O)[C@H](CCCNO)N(C(=O)OC(C)(C)C)C(=O)OC(C)(C)C. The third kappa shape index (κ3) is 11.1. The zero-order valence-electron chi connectivity index (χ0n) is 18.5. The van der Waals surface area contributed by atoms with Gasteiger partial charge in [-0.25, -0.2) is 19.9 Å². The Kier molecular flexibility index (Phi) is 9.39. The van der Waals surface area contributed by atoms with Crippen LogP contribution in [-0.2, 0) is 19.0 Å². The van der Waals surface area contributed by atoms with Gasteiger partial charge in [0.15, 0.2) is 0 Å². The van der Waals surface area contributed by atoms with Crippen molar-refractivity contribution in [2.45, 2.75) is 98.0 Å². The fourth-order valence-corrected chi connectivity index (χ4v) is 2.05. The van der Waals surface area contributed by atoms with Gasteiger partial charge in [-0.15, -0.1) is 0 Å². The van der Waals surface area contributed by atoms with Gasteiger partial charge in [-0.3, -0.25) is 0 Å². The summed E-state index contributed by atoms with van der Waals surface area (Å²) in [6, 6.07) is -1.27. The number of ether oxygens (including phenoxy) is 3. The fourth-order valence-electron chi connectivity index (χ4n) is 2.05. The summed E-state index contributed by atoms with van der Waals surface area (Å²) in [5, 5.41) is 8.80. The Morgan fingerprint density at radius 2 is 1.21 bits per heavy atom. The summed E-state index contributed by atoms with van der Waals surface area (Å²) in [5.74, 6) is -0.762. The molecule has 28 heavy (non-hydrogen) atoms. The van der Waals surface area contributed by atoms with Crippen LogP contribution >= 0.6 is 0 Å². The number of rotatable bonds is 6. The summed E-state index contributed by atoms with van der Waals surface area (Å²) in [6.45, 7) is 15.1. The molecule has 0 heterocycles. The number of nitrogens with zero attached hydrogens (tertiary/aromatic N) is 1. The third-order valence-corrected chi connectivity index (χ3v) is 2.94. The molecule has 0 bridgehead atoms. The molecule has 0 unspecified atom stereocenters. The molecule has 0 aromatic heterocycles. The van der Waals surface area contributed by atoms with Gasteiger partial charge < -0.3 is 19.4 Å². The second kappa shape index (κ2) is 10.1. The van der Waals surface area contributed by atoms with Gasteiger partial charge in [0.2, 0.25) is 0 Å². The van der Waals surface area contributed by atoms with Gasteiger partial charge in [0.05, 0.1) is 0 Å². The lowest BCUT2D eigenvalue weighted by atomic mass is 10.1. The molecular formula is C19H36N2O7. The largest absolute Gasteiger partial charge is 0.458 e. The smallest absolute Gasteiger partial charge is 0.420 e. The number of esters is 1. The zero-order chi connectivity index (χ0) is 22.3.